The molecule has 118 valence electrons. The number of hydrogen-bond acceptors (Lipinski definition) is 3. The molecule has 0 heterocycles. The third kappa shape index (κ3) is 5.57. The van der Waals surface area contributed by atoms with E-state index in [9.17, 15) is 23.1 Å². The van der Waals surface area contributed by atoms with Gasteiger partial charge >= 0.3 is 6.18 Å². The number of halogens is 4. The van der Waals surface area contributed by atoms with Crippen LogP contribution in [0.15, 0.2) is 12.1 Å². The molecule has 0 aromatic heterocycles. The van der Waals surface area contributed by atoms with E-state index in [0.29, 0.717) is 18.4 Å². The normalized spacial score (nSPS) is 11.5. The van der Waals surface area contributed by atoms with Gasteiger partial charge in [0.1, 0.15) is 11.5 Å². The Bertz CT molecular complexity index is 501. The number of carbonyl (C=O) groups is 1. The molecule has 0 saturated carbocycles. The van der Waals surface area contributed by atoms with Crippen molar-refractivity contribution >= 4 is 21.7 Å². The van der Waals surface area contributed by atoms with Crippen LogP contribution in [0, 0.1) is 0 Å². The lowest BCUT2D eigenvalue weighted by Gasteiger charge is -2.15. The van der Waals surface area contributed by atoms with Gasteiger partial charge in [-0.25, -0.2) is 0 Å². The van der Waals surface area contributed by atoms with Crippen LogP contribution in [-0.4, -0.2) is 29.0 Å². The van der Waals surface area contributed by atoms with Crippen molar-refractivity contribution in [2.45, 2.75) is 32.4 Å². The summed E-state index contributed by atoms with van der Waals surface area (Å²) in [6.07, 6.45) is -5.18. The maximum absolute atomic E-state index is 12.4. The van der Waals surface area contributed by atoms with Crippen LogP contribution in [0.4, 0.5) is 13.2 Å². The van der Waals surface area contributed by atoms with E-state index in [1.807, 2.05) is 0 Å². The van der Waals surface area contributed by atoms with Crippen molar-refractivity contribution in [2.75, 3.05) is 11.9 Å². The molecule has 0 fully saturated rings. The zero-order chi connectivity index (χ0) is 16.0. The summed E-state index contributed by atoms with van der Waals surface area (Å²) < 4.78 is 42.5. The van der Waals surface area contributed by atoms with E-state index in [4.69, 9.17) is 4.74 Å². The molecule has 1 aromatic rings. The zero-order valence-electron chi connectivity index (χ0n) is 11.5. The van der Waals surface area contributed by atoms with E-state index in [0.717, 1.165) is 0 Å². The second-order valence-corrected chi connectivity index (χ2v) is 5.29. The number of ketones is 1. The minimum absolute atomic E-state index is 0.0000148. The lowest BCUT2D eigenvalue weighted by molar-refractivity contribution is -0.134. The number of carbonyl (C=O) groups excluding carboxylic acids is 1. The maximum atomic E-state index is 12.4. The smallest absolute Gasteiger partial charge is 0.389 e. The summed E-state index contributed by atoms with van der Waals surface area (Å²) in [7, 11) is 0. The molecule has 21 heavy (non-hydrogen) atoms. The molecule has 0 atom stereocenters. The second kappa shape index (κ2) is 7.68. The summed E-state index contributed by atoms with van der Waals surface area (Å²) >= 11 is 3.22. The van der Waals surface area contributed by atoms with Gasteiger partial charge in [-0.2, -0.15) is 13.2 Å². The quantitative estimate of drug-likeness (QED) is 0.444. The number of hydrogen-bond donors (Lipinski definition) is 1. The average Bonchev–Trinajstić information content (AvgIpc) is 2.36. The fraction of sp³-hybridized carbons (Fsp3) is 0.500. The Morgan fingerprint density at radius 1 is 1.38 bits per heavy atom. The zero-order valence-corrected chi connectivity index (χ0v) is 13.1. The lowest BCUT2D eigenvalue weighted by Crippen LogP contribution is -2.10. The van der Waals surface area contributed by atoms with Gasteiger partial charge in [-0.05, 0) is 31.9 Å². The molecule has 0 aliphatic rings. The number of phenols is 1. The van der Waals surface area contributed by atoms with Crippen LogP contribution in [0.25, 0.3) is 0 Å². The Balaban J connectivity index is 3.05. The van der Waals surface area contributed by atoms with Crippen LogP contribution in [0.1, 0.15) is 35.7 Å². The summed E-state index contributed by atoms with van der Waals surface area (Å²) in [5, 5.41) is 10.7. The molecule has 1 N–H and O–H groups in total. The third-order valence-electron chi connectivity index (χ3n) is 2.81. The summed E-state index contributed by atoms with van der Waals surface area (Å²) in [6.45, 7) is 1.55. The van der Waals surface area contributed by atoms with Gasteiger partial charge < -0.3 is 9.84 Å². The SMILES string of the molecule is CC(=O)c1ccc(OCCCBr)c(CCC(F)(F)F)c1O. The van der Waals surface area contributed by atoms with Gasteiger partial charge in [0.25, 0.3) is 0 Å². The van der Waals surface area contributed by atoms with E-state index in [2.05, 4.69) is 15.9 Å². The highest BCUT2D eigenvalue weighted by molar-refractivity contribution is 9.09. The number of Topliss-reactive ketones (excluding diaryl/α,β-unsaturated/α-hetero) is 1. The Labute approximate surface area is 129 Å². The number of rotatable bonds is 7. The molecule has 0 amide bonds. The van der Waals surface area contributed by atoms with Gasteiger partial charge in [0.15, 0.2) is 5.78 Å². The van der Waals surface area contributed by atoms with E-state index < -0.39 is 30.6 Å². The molecule has 1 aromatic carbocycles. The minimum Gasteiger partial charge on any atom is -0.507 e. The first-order chi connectivity index (χ1) is 9.76. The molecule has 0 radical (unpaired) electrons. The van der Waals surface area contributed by atoms with Gasteiger partial charge in [0.2, 0.25) is 0 Å². The molecular weight excluding hydrogens is 353 g/mol. The standard InChI is InChI=1S/C14H16BrF3O3/c1-9(19)10-3-4-12(21-8-2-7-15)11(13(10)20)5-6-14(16,17)18/h3-4,20H,2,5-8H2,1H3. The Hall–Kier alpha value is -1.24. The average molecular weight is 369 g/mol. The van der Waals surface area contributed by atoms with Crippen LogP contribution in [0.2, 0.25) is 0 Å². The lowest BCUT2D eigenvalue weighted by atomic mass is 10.0. The number of alkyl halides is 4. The molecule has 0 aliphatic carbocycles. The molecule has 3 nitrogen and oxygen atoms in total. The van der Waals surface area contributed by atoms with Crippen LogP contribution in [0.3, 0.4) is 0 Å². The van der Waals surface area contributed by atoms with Crippen LogP contribution >= 0.6 is 15.9 Å². The fourth-order valence-electron chi connectivity index (χ4n) is 1.78. The van der Waals surface area contributed by atoms with Crippen molar-refractivity contribution in [3.05, 3.63) is 23.3 Å². The minimum atomic E-state index is -4.34. The maximum Gasteiger partial charge on any atom is 0.389 e. The molecule has 7 heteroatoms. The van der Waals surface area contributed by atoms with E-state index >= 15 is 0 Å². The molecular formula is C14H16BrF3O3. The molecule has 0 bridgehead atoms. The summed E-state index contributed by atoms with van der Waals surface area (Å²) in [4.78, 5) is 11.4. The molecule has 0 spiro atoms. The van der Waals surface area contributed by atoms with Gasteiger partial charge in [0.05, 0.1) is 12.2 Å². The molecule has 1 rings (SSSR count). The van der Waals surface area contributed by atoms with Crippen molar-refractivity contribution in [1.29, 1.82) is 0 Å². The number of phenolic OH excluding ortho intramolecular Hbond substituents is 1. The Kier molecular flexibility index (Phi) is 6.51. The van der Waals surface area contributed by atoms with Gasteiger partial charge in [-0.15, -0.1) is 0 Å². The molecule has 0 aliphatic heterocycles. The highest BCUT2D eigenvalue weighted by atomic mass is 79.9. The van der Waals surface area contributed by atoms with Crippen molar-refractivity contribution in [3.63, 3.8) is 0 Å². The summed E-state index contributed by atoms with van der Waals surface area (Å²) in [6, 6.07) is 2.79. The third-order valence-corrected chi connectivity index (χ3v) is 3.37. The van der Waals surface area contributed by atoms with Crippen LogP contribution in [-0.2, 0) is 6.42 Å². The van der Waals surface area contributed by atoms with Gasteiger partial charge in [0, 0.05) is 17.3 Å². The van der Waals surface area contributed by atoms with Crippen molar-refractivity contribution < 1.29 is 27.8 Å². The highest BCUT2D eigenvalue weighted by Gasteiger charge is 2.28. The topological polar surface area (TPSA) is 46.5 Å². The van der Waals surface area contributed by atoms with Crippen LogP contribution < -0.4 is 4.74 Å². The van der Waals surface area contributed by atoms with Crippen molar-refractivity contribution in [1.82, 2.24) is 0 Å². The number of benzene rings is 1. The first-order valence-electron chi connectivity index (χ1n) is 6.37. The van der Waals surface area contributed by atoms with Crippen LogP contribution in [0.5, 0.6) is 11.5 Å². The predicted octanol–water partition coefficient (Wildman–Crippen LogP) is 4.25. The van der Waals surface area contributed by atoms with Crippen molar-refractivity contribution in [3.8, 4) is 11.5 Å². The fourth-order valence-corrected chi connectivity index (χ4v) is 2.01. The Morgan fingerprint density at radius 2 is 2.05 bits per heavy atom. The summed E-state index contributed by atoms with van der Waals surface area (Å²) in [5.41, 5.74) is 0.0228. The highest BCUT2D eigenvalue weighted by Crippen LogP contribution is 2.35. The number of ether oxygens (including phenoxy) is 1. The van der Waals surface area contributed by atoms with E-state index in [1.165, 1.54) is 19.1 Å². The van der Waals surface area contributed by atoms with Gasteiger partial charge in [-0.3, -0.25) is 4.79 Å². The molecule has 0 saturated heterocycles. The van der Waals surface area contributed by atoms with E-state index in [1.54, 1.807) is 0 Å². The summed E-state index contributed by atoms with van der Waals surface area (Å²) in [5.74, 6) is -0.654. The first kappa shape index (κ1) is 17.8. The van der Waals surface area contributed by atoms with Crippen molar-refractivity contribution in [2.24, 2.45) is 0 Å². The number of aromatic hydroxyl groups is 1. The van der Waals surface area contributed by atoms with E-state index in [-0.39, 0.29) is 16.9 Å². The largest absolute Gasteiger partial charge is 0.507 e. The second-order valence-electron chi connectivity index (χ2n) is 4.50. The Morgan fingerprint density at radius 3 is 2.57 bits per heavy atom. The van der Waals surface area contributed by atoms with Gasteiger partial charge in [-0.1, -0.05) is 15.9 Å². The molecule has 0 unspecified atom stereocenters. The monoisotopic (exact) mass is 368 g/mol. The predicted molar refractivity (Wildman–Crippen MR) is 76.4 cm³/mol. The first-order valence-corrected chi connectivity index (χ1v) is 7.49.